The predicted molar refractivity (Wildman–Crippen MR) is 97.5 cm³/mol. The molecule has 1 fully saturated rings. The van der Waals surface area contributed by atoms with Crippen LogP contribution in [-0.4, -0.2) is 45.4 Å². The van der Waals surface area contributed by atoms with Crippen LogP contribution in [-0.2, 0) is 27.3 Å². The number of carboxylic acid groups (broad SMARTS) is 1. The zero-order valence-electron chi connectivity index (χ0n) is 14.7. The van der Waals surface area contributed by atoms with Gasteiger partial charge in [-0.25, -0.2) is 4.79 Å². The third-order valence-corrected chi connectivity index (χ3v) is 4.56. The molecule has 27 heavy (non-hydrogen) atoms. The van der Waals surface area contributed by atoms with Crippen LogP contribution in [0.15, 0.2) is 54.7 Å². The van der Waals surface area contributed by atoms with Gasteiger partial charge in [-0.15, -0.1) is 0 Å². The van der Waals surface area contributed by atoms with Gasteiger partial charge >= 0.3 is 5.97 Å². The number of benzene rings is 1. The van der Waals surface area contributed by atoms with Crippen molar-refractivity contribution < 1.29 is 19.5 Å². The molecule has 0 aliphatic carbocycles. The summed E-state index contributed by atoms with van der Waals surface area (Å²) in [6.45, 7) is 0.606. The Bertz CT molecular complexity index is 810. The van der Waals surface area contributed by atoms with Crippen molar-refractivity contribution in [2.45, 2.75) is 25.4 Å². The molecule has 0 saturated carbocycles. The SMILES string of the molecule is O=C(NC(Cc1ccccc1)C(=O)O)C1CC(=O)N(Cc2ccccn2)C1. The first kappa shape index (κ1) is 18.6. The van der Waals surface area contributed by atoms with Gasteiger partial charge in [-0.2, -0.15) is 0 Å². The highest BCUT2D eigenvalue weighted by atomic mass is 16.4. The van der Waals surface area contributed by atoms with Gasteiger partial charge in [0.1, 0.15) is 6.04 Å². The maximum atomic E-state index is 12.5. The van der Waals surface area contributed by atoms with Crippen molar-refractivity contribution in [2.75, 3.05) is 6.54 Å². The Balaban J connectivity index is 1.59. The highest BCUT2D eigenvalue weighted by Crippen LogP contribution is 2.20. The number of amides is 2. The van der Waals surface area contributed by atoms with Crippen molar-refractivity contribution in [3.63, 3.8) is 0 Å². The number of pyridine rings is 1. The van der Waals surface area contributed by atoms with E-state index in [-0.39, 0.29) is 25.3 Å². The number of aromatic nitrogens is 1. The first-order valence-corrected chi connectivity index (χ1v) is 8.77. The second-order valence-electron chi connectivity index (χ2n) is 6.59. The predicted octanol–water partition coefficient (Wildman–Crippen LogP) is 1.24. The minimum Gasteiger partial charge on any atom is -0.480 e. The molecule has 3 rings (SSSR count). The Kier molecular flexibility index (Phi) is 5.80. The zero-order chi connectivity index (χ0) is 19.2. The lowest BCUT2D eigenvalue weighted by Crippen LogP contribution is -2.45. The van der Waals surface area contributed by atoms with Gasteiger partial charge in [0.15, 0.2) is 0 Å². The normalized spacial score (nSPS) is 17.6. The first-order valence-electron chi connectivity index (χ1n) is 8.77. The lowest BCUT2D eigenvalue weighted by Gasteiger charge is -2.18. The highest BCUT2D eigenvalue weighted by molar-refractivity contribution is 5.91. The van der Waals surface area contributed by atoms with E-state index in [9.17, 15) is 19.5 Å². The number of nitrogens with one attached hydrogen (secondary N) is 1. The van der Waals surface area contributed by atoms with E-state index in [0.29, 0.717) is 6.54 Å². The van der Waals surface area contributed by atoms with Gasteiger partial charge in [0.25, 0.3) is 0 Å². The quantitative estimate of drug-likeness (QED) is 0.767. The molecule has 1 aromatic carbocycles. The van der Waals surface area contributed by atoms with Crippen molar-refractivity contribution in [2.24, 2.45) is 5.92 Å². The number of carboxylic acids is 1. The Morgan fingerprint density at radius 3 is 2.59 bits per heavy atom. The van der Waals surface area contributed by atoms with E-state index in [1.54, 1.807) is 17.2 Å². The van der Waals surface area contributed by atoms with Crippen LogP contribution in [0.1, 0.15) is 17.7 Å². The van der Waals surface area contributed by atoms with Crippen LogP contribution in [0, 0.1) is 5.92 Å². The maximum absolute atomic E-state index is 12.5. The zero-order valence-corrected chi connectivity index (χ0v) is 14.7. The number of hydrogen-bond acceptors (Lipinski definition) is 4. The number of nitrogens with zero attached hydrogens (tertiary/aromatic N) is 2. The Morgan fingerprint density at radius 1 is 1.19 bits per heavy atom. The molecule has 140 valence electrons. The molecule has 1 aliphatic rings. The van der Waals surface area contributed by atoms with E-state index < -0.39 is 23.8 Å². The van der Waals surface area contributed by atoms with Crippen LogP contribution >= 0.6 is 0 Å². The molecule has 0 radical (unpaired) electrons. The monoisotopic (exact) mass is 367 g/mol. The van der Waals surface area contributed by atoms with E-state index in [1.165, 1.54) is 0 Å². The van der Waals surface area contributed by atoms with Crippen LogP contribution < -0.4 is 5.32 Å². The number of carbonyl (C=O) groups is 3. The molecule has 2 amide bonds. The second kappa shape index (κ2) is 8.44. The van der Waals surface area contributed by atoms with Gasteiger partial charge in [-0.3, -0.25) is 14.6 Å². The Labute approximate surface area is 157 Å². The van der Waals surface area contributed by atoms with Crippen molar-refractivity contribution >= 4 is 17.8 Å². The lowest BCUT2D eigenvalue weighted by atomic mass is 10.0. The maximum Gasteiger partial charge on any atom is 0.326 e. The summed E-state index contributed by atoms with van der Waals surface area (Å²) in [6, 6.07) is 13.5. The fourth-order valence-corrected chi connectivity index (χ4v) is 3.13. The molecule has 2 N–H and O–H groups in total. The van der Waals surface area contributed by atoms with Gasteiger partial charge < -0.3 is 15.3 Å². The van der Waals surface area contributed by atoms with E-state index in [0.717, 1.165) is 11.3 Å². The lowest BCUT2D eigenvalue weighted by molar-refractivity contribution is -0.142. The number of likely N-dealkylation sites (tertiary alicyclic amines) is 1. The van der Waals surface area contributed by atoms with E-state index in [2.05, 4.69) is 10.3 Å². The molecular weight excluding hydrogens is 346 g/mol. The van der Waals surface area contributed by atoms with Crippen molar-refractivity contribution in [3.05, 3.63) is 66.0 Å². The molecule has 7 heteroatoms. The number of aliphatic carboxylic acids is 1. The highest BCUT2D eigenvalue weighted by Gasteiger charge is 2.36. The van der Waals surface area contributed by atoms with Crippen LogP contribution in [0.25, 0.3) is 0 Å². The van der Waals surface area contributed by atoms with Crippen LogP contribution in [0.3, 0.4) is 0 Å². The average Bonchev–Trinajstić information content (AvgIpc) is 3.03. The van der Waals surface area contributed by atoms with Crippen molar-refractivity contribution in [1.82, 2.24) is 15.2 Å². The van der Waals surface area contributed by atoms with Gasteiger partial charge in [-0.1, -0.05) is 36.4 Å². The molecule has 0 bridgehead atoms. The third kappa shape index (κ3) is 4.91. The van der Waals surface area contributed by atoms with Crippen molar-refractivity contribution in [1.29, 1.82) is 0 Å². The summed E-state index contributed by atoms with van der Waals surface area (Å²) in [7, 11) is 0. The Hall–Kier alpha value is -3.22. The van der Waals surface area contributed by atoms with Crippen LogP contribution in [0.4, 0.5) is 0 Å². The molecule has 2 atom stereocenters. The number of carbonyl (C=O) groups excluding carboxylic acids is 2. The van der Waals surface area contributed by atoms with E-state index >= 15 is 0 Å². The summed E-state index contributed by atoms with van der Waals surface area (Å²) < 4.78 is 0. The standard InChI is InChI=1S/C20H21N3O4/c24-18-11-15(12-23(18)13-16-8-4-5-9-21-16)19(25)22-17(20(26)27)10-14-6-2-1-3-7-14/h1-9,15,17H,10-13H2,(H,22,25)(H,26,27). The molecule has 1 saturated heterocycles. The fraction of sp³-hybridized carbons (Fsp3) is 0.300. The van der Waals surface area contributed by atoms with Gasteiger partial charge in [0.05, 0.1) is 18.2 Å². The molecule has 2 unspecified atom stereocenters. The Morgan fingerprint density at radius 2 is 1.93 bits per heavy atom. The summed E-state index contributed by atoms with van der Waals surface area (Å²) in [5.41, 5.74) is 1.57. The summed E-state index contributed by atoms with van der Waals surface area (Å²) in [6.07, 6.45) is 1.93. The molecule has 1 aromatic heterocycles. The van der Waals surface area contributed by atoms with Crippen LogP contribution in [0.2, 0.25) is 0 Å². The molecule has 7 nitrogen and oxygen atoms in total. The van der Waals surface area contributed by atoms with Gasteiger partial charge in [-0.05, 0) is 17.7 Å². The van der Waals surface area contributed by atoms with Crippen molar-refractivity contribution in [3.8, 4) is 0 Å². The molecule has 2 heterocycles. The molecule has 0 spiro atoms. The van der Waals surface area contributed by atoms with Gasteiger partial charge in [0.2, 0.25) is 11.8 Å². The topological polar surface area (TPSA) is 99.6 Å². The summed E-state index contributed by atoms with van der Waals surface area (Å²) in [5, 5.41) is 12.0. The first-order chi connectivity index (χ1) is 13.0. The number of hydrogen-bond donors (Lipinski definition) is 2. The minimum absolute atomic E-state index is 0.0797. The van der Waals surface area contributed by atoms with Gasteiger partial charge in [0, 0.05) is 25.6 Å². The van der Waals surface area contributed by atoms with E-state index in [4.69, 9.17) is 0 Å². The fourth-order valence-electron chi connectivity index (χ4n) is 3.13. The minimum atomic E-state index is -1.10. The average molecular weight is 367 g/mol. The largest absolute Gasteiger partial charge is 0.480 e. The second-order valence-corrected chi connectivity index (χ2v) is 6.59. The third-order valence-electron chi connectivity index (χ3n) is 4.56. The summed E-state index contributed by atoms with van der Waals surface area (Å²) in [4.78, 5) is 42.0. The number of rotatable bonds is 7. The van der Waals surface area contributed by atoms with E-state index in [1.807, 2.05) is 42.5 Å². The smallest absolute Gasteiger partial charge is 0.326 e. The molecular formula is C20H21N3O4. The summed E-state index contributed by atoms with van der Waals surface area (Å²) >= 11 is 0. The molecule has 2 aromatic rings. The van der Waals surface area contributed by atoms with Crippen LogP contribution in [0.5, 0.6) is 0 Å². The summed E-state index contributed by atoms with van der Waals surface area (Å²) in [5.74, 6) is -2.19. The molecule has 1 aliphatic heterocycles.